The molecule has 2 aromatic heterocycles. The lowest BCUT2D eigenvalue weighted by Crippen LogP contribution is -2.17. The van der Waals surface area contributed by atoms with Crippen molar-refractivity contribution in [1.29, 1.82) is 0 Å². The van der Waals surface area contributed by atoms with E-state index in [-0.39, 0.29) is 0 Å². The molecule has 0 saturated heterocycles. The topological polar surface area (TPSA) is 100 Å². The van der Waals surface area contributed by atoms with Crippen LogP contribution in [0.1, 0.15) is 17.6 Å². The fourth-order valence-electron chi connectivity index (χ4n) is 1.21. The zero-order valence-electron chi connectivity index (χ0n) is 9.01. The molecule has 1 unspecified atom stereocenters. The van der Waals surface area contributed by atoms with Gasteiger partial charge in [0.1, 0.15) is 5.76 Å². The maximum atomic E-state index is 5.75. The Morgan fingerprint density at radius 3 is 2.88 bits per heavy atom. The van der Waals surface area contributed by atoms with E-state index in [0.29, 0.717) is 29.8 Å². The van der Waals surface area contributed by atoms with Crippen LogP contribution in [-0.2, 0) is 4.74 Å². The number of ether oxygens (including phenoxy) is 1. The molecule has 2 heterocycles. The van der Waals surface area contributed by atoms with E-state index < -0.39 is 6.04 Å². The molecule has 0 aliphatic carbocycles. The van der Waals surface area contributed by atoms with Crippen LogP contribution in [0, 0.1) is 6.92 Å². The molecular formula is C9H12N4O3. The molecule has 16 heavy (non-hydrogen) atoms. The number of aromatic nitrogens is 3. The van der Waals surface area contributed by atoms with Gasteiger partial charge >= 0.3 is 0 Å². The van der Waals surface area contributed by atoms with Gasteiger partial charge in [-0.05, 0) is 6.92 Å². The van der Waals surface area contributed by atoms with Gasteiger partial charge in [-0.15, -0.1) is 0 Å². The van der Waals surface area contributed by atoms with Gasteiger partial charge in [0, 0.05) is 13.2 Å². The predicted octanol–water partition coefficient (Wildman–Crippen LogP) is 0.679. The van der Waals surface area contributed by atoms with Crippen LogP contribution in [0.3, 0.4) is 0 Å². The molecule has 0 amide bonds. The number of nitrogens with zero attached hydrogens (tertiary/aromatic N) is 3. The molecule has 0 spiro atoms. The van der Waals surface area contributed by atoms with Gasteiger partial charge < -0.3 is 19.5 Å². The number of hydrogen-bond acceptors (Lipinski definition) is 7. The van der Waals surface area contributed by atoms with Crippen molar-refractivity contribution in [3.63, 3.8) is 0 Å². The summed E-state index contributed by atoms with van der Waals surface area (Å²) < 4.78 is 14.8. The highest BCUT2D eigenvalue weighted by Crippen LogP contribution is 2.18. The second-order valence-electron chi connectivity index (χ2n) is 3.34. The van der Waals surface area contributed by atoms with Gasteiger partial charge in [0.15, 0.2) is 11.5 Å². The molecule has 1 atom stereocenters. The third-order valence-corrected chi connectivity index (χ3v) is 1.97. The van der Waals surface area contributed by atoms with Crippen LogP contribution in [0.2, 0.25) is 0 Å². The van der Waals surface area contributed by atoms with Gasteiger partial charge in [-0.3, -0.25) is 0 Å². The van der Waals surface area contributed by atoms with Crippen molar-refractivity contribution in [2.45, 2.75) is 13.0 Å². The van der Waals surface area contributed by atoms with Crippen LogP contribution in [0.25, 0.3) is 11.6 Å². The first-order chi connectivity index (χ1) is 7.70. The Morgan fingerprint density at radius 1 is 1.44 bits per heavy atom. The van der Waals surface area contributed by atoms with Gasteiger partial charge in [0.25, 0.3) is 5.89 Å². The Morgan fingerprint density at radius 2 is 2.25 bits per heavy atom. The molecule has 2 aromatic rings. The maximum absolute atomic E-state index is 5.75. The monoisotopic (exact) mass is 224 g/mol. The zero-order valence-corrected chi connectivity index (χ0v) is 9.01. The summed E-state index contributed by atoms with van der Waals surface area (Å²) >= 11 is 0. The molecular weight excluding hydrogens is 212 g/mol. The Bertz CT molecular complexity index is 465. The minimum absolute atomic E-state index is 0.290. The largest absolute Gasteiger partial charge is 0.383 e. The van der Waals surface area contributed by atoms with Gasteiger partial charge in [-0.25, -0.2) is 0 Å². The van der Waals surface area contributed by atoms with Crippen molar-refractivity contribution in [2.24, 2.45) is 5.73 Å². The summed E-state index contributed by atoms with van der Waals surface area (Å²) in [6.07, 6.45) is 0. The van der Waals surface area contributed by atoms with E-state index in [9.17, 15) is 0 Å². The molecule has 0 aromatic carbocycles. The molecule has 0 fully saturated rings. The van der Waals surface area contributed by atoms with Crippen molar-refractivity contribution in [3.8, 4) is 11.6 Å². The van der Waals surface area contributed by atoms with Crippen LogP contribution < -0.4 is 5.73 Å². The van der Waals surface area contributed by atoms with E-state index in [4.69, 9.17) is 19.5 Å². The minimum Gasteiger partial charge on any atom is -0.383 e. The van der Waals surface area contributed by atoms with Crippen molar-refractivity contribution in [1.82, 2.24) is 15.3 Å². The highest BCUT2D eigenvalue weighted by atomic mass is 16.5. The summed E-state index contributed by atoms with van der Waals surface area (Å²) in [5, 5.41) is 7.51. The van der Waals surface area contributed by atoms with Gasteiger partial charge in [0.05, 0.1) is 12.6 Å². The first-order valence-corrected chi connectivity index (χ1v) is 4.72. The van der Waals surface area contributed by atoms with Crippen LogP contribution >= 0.6 is 0 Å². The second-order valence-corrected chi connectivity index (χ2v) is 3.34. The molecule has 0 saturated carbocycles. The Hall–Kier alpha value is -1.73. The lowest BCUT2D eigenvalue weighted by Gasteiger charge is -2.02. The van der Waals surface area contributed by atoms with E-state index in [1.54, 1.807) is 20.1 Å². The van der Waals surface area contributed by atoms with Crippen molar-refractivity contribution in [3.05, 3.63) is 17.7 Å². The van der Waals surface area contributed by atoms with Crippen LogP contribution in [0.4, 0.5) is 0 Å². The normalized spacial score (nSPS) is 12.9. The standard InChI is InChI=1S/C9H12N4O3/c1-5-3-7(12-15-5)9-11-8(13-16-9)6(10)4-14-2/h3,6H,4,10H2,1-2H3. The number of nitrogens with two attached hydrogens (primary N) is 1. The smallest absolute Gasteiger partial charge is 0.280 e. The quantitative estimate of drug-likeness (QED) is 0.814. The average Bonchev–Trinajstić information content (AvgIpc) is 2.85. The molecule has 86 valence electrons. The lowest BCUT2D eigenvalue weighted by molar-refractivity contribution is 0.177. The SMILES string of the molecule is COCC(N)c1noc(-c2cc(C)on2)n1. The molecule has 7 heteroatoms. The fraction of sp³-hybridized carbons (Fsp3) is 0.444. The van der Waals surface area contributed by atoms with E-state index in [1.807, 2.05) is 0 Å². The van der Waals surface area contributed by atoms with Gasteiger partial charge in [0.2, 0.25) is 0 Å². The van der Waals surface area contributed by atoms with E-state index in [2.05, 4.69) is 15.3 Å². The fourth-order valence-corrected chi connectivity index (χ4v) is 1.21. The Balaban J connectivity index is 2.19. The molecule has 0 aliphatic heterocycles. The third kappa shape index (κ3) is 2.10. The Kier molecular flexibility index (Phi) is 2.97. The van der Waals surface area contributed by atoms with E-state index in [0.717, 1.165) is 0 Å². The van der Waals surface area contributed by atoms with Crippen molar-refractivity contribution >= 4 is 0 Å². The maximum Gasteiger partial charge on any atom is 0.280 e. The molecule has 0 aliphatic rings. The molecule has 2 N–H and O–H groups in total. The molecule has 0 radical (unpaired) electrons. The third-order valence-electron chi connectivity index (χ3n) is 1.97. The number of aryl methyl sites for hydroxylation is 1. The van der Waals surface area contributed by atoms with Gasteiger partial charge in [-0.2, -0.15) is 4.98 Å². The van der Waals surface area contributed by atoms with Crippen LogP contribution in [-0.4, -0.2) is 29.0 Å². The predicted molar refractivity (Wildman–Crippen MR) is 53.3 cm³/mol. The first kappa shape index (κ1) is 10.8. The van der Waals surface area contributed by atoms with E-state index >= 15 is 0 Å². The summed E-state index contributed by atoms with van der Waals surface area (Å²) in [5.74, 6) is 1.35. The zero-order chi connectivity index (χ0) is 11.5. The van der Waals surface area contributed by atoms with Crippen LogP contribution in [0.15, 0.2) is 15.1 Å². The van der Waals surface area contributed by atoms with Crippen molar-refractivity contribution < 1.29 is 13.8 Å². The minimum atomic E-state index is -0.407. The molecule has 7 nitrogen and oxygen atoms in total. The van der Waals surface area contributed by atoms with Crippen LogP contribution in [0.5, 0.6) is 0 Å². The molecule has 0 bridgehead atoms. The van der Waals surface area contributed by atoms with E-state index in [1.165, 1.54) is 0 Å². The highest BCUT2D eigenvalue weighted by molar-refractivity contribution is 5.45. The summed E-state index contributed by atoms with van der Waals surface area (Å²) in [6.45, 7) is 2.11. The second kappa shape index (κ2) is 4.42. The lowest BCUT2D eigenvalue weighted by atomic mass is 10.3. The summed E-state index contributed by atoms with van der Waals surface area (Å²) in [5.41, 5.74) is 6.25. The average molecular weight is 224 g/mol. The van der Waals surface area contributed by atoms with Gasteiger partial charge in [-0.1, -0.05) is 10.3 Å². The summed E-state index contributed by atoms with van der Waals surface area (Å²) in [6, 6.07) is 1.30. The Labute approximate surface area is 91.6 Å². The number of hydrogen-bond donors (Lipinski definition) is 1. The number of methoxy groups -OCH3 is 1. The highest BCUT2D eigenvalue weighted by Gasteiger charge is 2.17. The first-order valence-electron chi connectivity index (χ1n) is 4.72. The van der Waals surface area contributed by atoms with Crippen molar-refractivity contribution in [2.75, 3.05) is 13.7 Å². The number of rotatable bonds is 4. The summed E-state index contributed by atoms with van der Waals surface area (Å²) in [7, 11) is 1.56. The molecule has 2 rings (SSSR count). The summed E-state index contributed by atoms with van der Waals surface area (Å²) in [4.78, 5) is 4.11.